The maximum Gasteiger partial charge on any atom is 0.269 e. The standard InChI is InChI=1S/C22H21BrN4O2S/c1-13-10-18(23)8-9-19(13)21(29)27-26-20(28)17-6-4-16(5-7-17)12-30-22-24-14(2)11-15(3)25-22/h4-11H,12H2,1-3H3,(H,26,28)(H,27,29). The number of rotatable bonds is 5. The topological polar surface area (TPSA) is 84.0 Å². The predicted octanol–water partition coefficient (Wildman–Crippen LogP) is 4.53. The van der Waals surface area contributed by atoms with Crippen molar-refractivity contribution in [3.8, 4) is 0 Å². The monoisotopic (exact) mass is 484 g/mol. The lowest BCUT2D eigenvalue weighted by Gasteiger charge is -2.10. The van der Waals surface area contributed by atoms with Crippen molar-refractivity contribution in [2.75, 3.05) is 0 Å². The van der Waals surface area contributed by atoms with Gasteiger partial charge in [-0.3, -0.25) is 20.4 Å². The summed E-state index contributed by atoms with van der Waals surface area (Å²) in [5.74, 6) is -0.0468. The highest BCUT2D eigenvalue weighted by molar-refractivity contribution is 9.10. The molecule has 3 rings (SSSR count). The molecule has 0 aliphatic heterocycles. The Labute approximate surface area is 188 Å². The van der Waals surface area contributed by atoms with Gasteiger partial charge in [-0.15, -0.1) is 0 Å². The number of nitrogens with zero attached hydrogens (tertiary/aromatic N) is 2. The van der Waals surface area contributed by atoms with Crippen LogP contribution in [0, 0.1) is 20.8 Å². The summed E-state index contributed by atoms with van der Waals surface area (Å²) < 4.78 is 0.892. The third kappa shape index (κ3) is 5.90. The molecule has 2 N–H and O–H groups in total. The normalized spacial score (nSPS) is 10.5. The summed E-state index contributed by atoms with van der Waals surface area (Å²) >= 11 is 4.91. The number of hydrazine groups is 1. The van der Waals surface area contributed by atoms with Crippen LogP contribution in [0.15, 0.2) is 58.2 Å². The molecule has 1 aromatic heterocycles. The van der Waals surface area contributed by atoms with Crippen LogP contribution in [-0.2, 0) is 5.75 Å². The molecule has 0 saturated heterocycles. The second-order valence-electron chi connectivity index (χ2n) is 6.79. The smallest absolute Gasteiger partial charge is 0.267 e. The van der Waals surface area contributed by atoms with E-state index in [0.29, 0.717) is 16.9 Å². The lowest BCUT2D eigenvalue weighted by molar-refractivity contribution is 0.0846. The minimum atomic E-state index is -0.380. The molecule has 1 heterocycles. The SMILES string of the molecule is Cc1cc(C)nc(SCc2ccc(C(=O)NNC(=O)c3ccc(Br)cc3C)cc2)n1. The lowest BCUT2D eigenvalue weighted by Crippen LogP contribution is -2.41. The number of carbonyl (C=O) groups is 2. The van der Waals surface area contributed by atoms with Crippen molar-refractivity contribution in [2.24, 2.45) is 0 Å². The molecule has 0 unspecified atom stereocenters. The van der Waals surface area contributed by atoms with Crippen LogP contribution in [-0.4, -0.2) is 21.8 Å². The van der Waals surface area contributed by atoms with Crippen LogP contribution in [0.4, 0.5) is 0 Å². The Morgan fingerprint density at radius 2 is 1.53 bits per heavy atom. The van der Waals surface area contributed by atoms with Gasteiger partial charge in [0.15, 0.2) is 5.16 Å². The molecule has 0 radical (unpaired) electrons. The van der Waals surface area contributed by atoms with Gasteiger partial charge in [0, 0.05) is 32.7 Å². The fraction of sp³-hybridized carbons (Fsp3) is 0.182. The van der Waals surface area contributed by atoms with Crippen molar-refractivity contribution in [3.63, 3.8) is 0 Å². The van der Waals surface area contributed by atoms with E-state index in [9.17, 15) is 9.59 Å². The number of nitrogens with one attached hydrogen (secondary N) is 2. The van der Waals surface area contributed by atoms with Crippen LogP contribution >= 0.6 is 27.7 Å². The number of halogens is 1. The number of hydrogen-bond acceptors (Lipinski definition) is 5. The van der Waals surface area contributed by atoms with E-state index in [1.165, 1.54) is 0 Å². The van der Waals surface area contributed by atoms with Gasteiger partial charge in [-0.2, -0.15) is 0 Å². The van der Waals surface area contributed by atoms with E-state index in [0.717, 1.165) is 32.1 Å². The summed E-state index contributed by atoms with van der Waals surface area (Å²) in [6.45, 7) is 5.73. The molecule has 0 atom stereocenters. The highest BCUT2D eigenvalue weighted by Gasteiger charge is 2.11. The van der Waals surface area contributed by atoms with Gasteiger partial charge in [-0.25, -0.2) is 9.97 Å². The summed E-state index contributed by atoms with van der Waals surface area (Å²) in [6.07, 6.45) is 0. The van der Waals surface area contributed by atoms with Gasteiger partial charge in [0.2, 0.25) is 0 Å². The fourth-order valence-electron chi connectivity index (χ4n) is 2.79. The van der Waals surface area contributed by atoms with E-state index < -0.39 is 0 Å². The Hall–Kier alpha value is -2.71. The number of aryl methyl sites for hydroxylation is 3. The molecule has 2 aromatic carbocycles. The van der Waals surface area contributed by atoms with E-state index >= 15 is 0 Å². The number of amides is 2. The molecular formula is C22H21BrN4O2S. The molecule has 6 nitrogen and oxygen atoms in total. The van der Waals surface area contributed by atoms with Crippen LogP contribution in [0.2, 0.25) is 0 Å². The molecule has 30 heavy (non-hydrogen) atoms. The Morgan fingerprint density at radius 3 is 2.17 bits per heavy atom. The zero-order chi connectivity index (χ0) is 21.7. The Balaban J connectivity index is 1.55. The Kier molecular flexibility index (Phi) is 7.23. The third-order valence-corrected chi connectivity index (χ3v) is 5.68. The number of aromatic nitrogens is 2. The second-order valence-corrected chi connectivity index (χ2v) is 8.64. The van der Waals surface area contributed by atoms with Crippen molar-refractivity contribution in [3.05, 3.63) is 86.6 Å². The van der Waals surface area contributed by atoms with Crippen LogP contribution < -0.4 is 10.9 Å². The Morgan fingerprint density at radius 1 is 0.900 bits per heavy atom. The van der Waals surface area contributed by atoms with Gasteiger partial charge < -0.3 is 0 Å². The van der Waals surface area contributed by atoms with E-state index in [2.05, 4.69) is 36.7 Å². The summed E-state index contributed by atoms with van der Waals surface area (Å²) in [4.78, 5) is 33.4. The van der Waals surface area contributed by atoms with Crippen molar-refractivity contribution >= 4 is 39.5 Å². The number of thioether (sulfide) groups is 1. The first-order chi connectivity index (χ1) is 14.3. The Bertz CT molecular complexity index is 1070. The zero-order valence-corrected chi connectivity index (χ0v) is 19.2. The molecule has 0 bridgehead atoms. The highest BCUT2D eigenvalue weighted by atomic mass is 79.9. The van der Waals surface area contributed by atoms with Crippen molar-refractivity contribution in [2.45, 2.75) is 31.7 Å². The van der Waals surface area contributed by atoms with Crippen LogP contribution in [0.3, 0.4) is 0 Å². The first kappa shape index (κ1) is 22.0. The number of benzene rings is 2. The van der Waals surface area contributed by atoms with Crippen molar-refractivity contribution in [1.29, 1.82) is 0 Å². The van der Waals surface area contributed by atoms with Crippen molar-refractivity contribution in [1.82, 2.24) is 20.8 Å². The maximum absolute atomic E-state index is 12.3. The summed E-state index contributed by atoms with van der Waals surface area (Å²) in [5, 5.41) is 0.736. The van der Waals surface area contributed by atoms with E-state index in [4.69, 9.17) is 0 Å². The van der Waals surface area contributed by atoms with Gasteiger partial charge in [-0.05, 0) is 68.3 Å². The van der Waals surface area contributed by atoms with Crippen LogP contribution in [0.25, 0.3) is 0 Å². The molecule has 2 amide bonds. The second kappa shape index (κ2) is 9.86. The maximum atomic E-state index is 12.3. The highest BCUT2D eigenvalue weighted by Crippen LogP contribution is 2.20. The molecule has 0 fully saturated rings. The number of carbonyl (C=O) groups excluding carboxylic acids is 2. The van der Waals surface area contributed by atoms with E-state index in [1.54, 1.807) is 36.0 Å². The largest absolute Gasteiger partial charge is 0.269 e. The summed E-state index contributed by atoms with van der Waals surface area (Å²) in [7, 11) is 0. The average molecular weight is 485 g/mol. The van der Waals surface area contributed by atoms with Gasteiger partial charge in [-0.1, -0.05) is 39.8 Å². The third-order valence-electron chi connectivity index (χ3n) is 4.27. The first-order valence-electron chi connectivity index (χ1n) is 9.22. The fourth-order valence-corrected chi connectivity index (χ4v) is 4.17. The number of hydrogen-bond donors (Lipinski definition) is 2. The average Bonchev–Trinajstić information content (AvgIpc) is 2.70. The predicted molar refractivity (Wildman–Crippen MR) is 121 cm³/mol. The minimum Gasteiger partial charge on any atom is -0.267 e. The molecule has 0 aliphatic rings. The minimum absolute atomic E-state index is 0.366. The molecular weight excluding hydrogens is 464 g/mol. The van der Waals surface area contributed by atoms with Gasteiger partial charge in [0.05, 0.1) is 0 Å². The van der Waals surface area contributed by atoms with Crippen molar-refractivity contribution < 1.29 is 9.59 Å². The zero-order valence-electron chi connectivity index (χ0n) is 16.8. The molecule has 3 aromatic rings. The summed E-state index contributed by atoms with van der Waals surface area (Å²) in [6, 6.07) is 14.5. The van der Waals surface area contributed by atoms with Gasteiger partial charge in [0.25, 0.3) is 11.8 Å². The molecule has 0 spiro atoms. The molecule has 154 valence electrons. The van der Waals surface area contributed by atoms with E-state index in [-0.39, 0.29) is 11.8 Å². The molecule has 8 heteroatoms. The van der Waals surface area contributed by atoms with Gasteiger partial charge >= 0.3 is 0 Å². The lowest BCUT2D eigenvalue weighted by atomic mass is 10.1. The first-order valence-corrected chi connectivity index (χ1v) is 11.0. The quantitative estimate of drug-likeness (QED) is 0.315. The molecule has 0 aliphatic carbocycles. The molecule has 0 saturated carbocycles. The summed E-state index contributed by atoms with van der Waals surface area (Å²) in [5.41, 5.74) is 9.61. The van der Waals surface area contributed by atoms with E-state index in [1.807, 2.05) is 45.0 Å². The van der Waals surface area contributed by atoms with Crippen LogP contribution in [0.5, 0.6) is 0 Å². The van der Waals surface area contributed by atoms with Gasteiger partial charge in [0.1, 0.15) is 0 Å². The van der Waals surface area contributed by atoms with Crippen LogP contribution in [0.1, 0.15) is 43.2 Å².